The van der Waals surface area contributed by atoms with Crippen LogP contribution < -0.4 is 4.90 Å². The number of hydrogen-bond donors (Lipinski definition) is 0. The van der Waals surface area contributed by atoms with Gasteiger partial charge in [-0.3, -0.25) is 9.59 Å². The lowest BCUT2D eigenvalue weighted by Gasteiger charge is -2.24. The topological polar surface area (TPSA) is 46.7 Å². The van der Waals surface area contributed by atoms with E-state index in [4.69, 9.17) is 6.57 Å². The molecule has 0 saturated heterocycles. The van der Waals surface area contributed by atoms with Gasteiger partial charge in [-0.05, 0) is 65.1 Å². The van der Waals surface area contributed by atoms with Gasteiger partial charge in [0.25, 0.3) is 11.8 Å². The van der Waals surface area contributed by atoms with Crippen molar-refractivity contribution >= 4 is 45.0 Å². The Bertz CT molecular complexity index is 3060. The van der Waals surface area contributed by atoms with Crippen molar-refractivity contribution in [2.45, 2.75) is 6.92 Å². The second kappa shape index (κ2) is 13.5. The fraction of sp³-hybridized carbons (Fsp3) is 0.0192. The molecule has 268 valence electrons. The Hall–Kier alpha value is -7.81. The van der Waals surface area contributed by atoms with Crippen molar-refractivity contribution in [3.05, 3.63) is 210 Å². The molecule has 0 N–H and O–H groups in total. The van der Waals surface area contributed by atoms with Crippen LogP contribution in [0.15, 0.2) is 182 Å². The van der Waals surface area contributed by atoms with Crippen molar-refractivity contribution in [3.8, 4) is 50.2 Å². The molecule has 10 rings (SSSR count). The maximum atomic E-state index is 15.5. The number of carbonyl (C=O) groups excluding carboxylic acids is 2. The van der Waals surface area contributed by atoms with Crippen LogP contribution in [0, 0.1) is 13.5 Å². The average molecular weight is 732 g/mol. The number of para-hydroxylation sites is 2. The molecule has 0 atom stereocenters. The predicted molar refractivity (Wildman–Crippen MR) is 231 cm³/mol. The first-order chi connectivity index (χ1) is 28.0. The normalized spacial score (nSPS) is 12.3. The van der Waals surface area contributed by atoms with E-state index in [2.05, 4.69) is 64.0 Å². The zero-order valence-corrected chi connectivity index (χ0v) is 31.0. The zero-order valence-electron chi connectivity index (χ0n) is 31.0. The Balaban J connectivity index is 1.24. The van der Waals surface area contributed by atoms with Gasteiger partial charge in [-0.25, -0.2) is 9.74 Å². The van der Waals surface area contributed by atoms with Crippen molar-refractivity contribution in [2.75, 3.05) is 4.90 Å². The molecule has 1 aliphatic rings. The largest absolute Gasteiger partial charge is 0.308 e. The van der Waals surface area contributed by atoms with Crippen LogP contribution in [-0.4, -0.2) is 16.4 Å². The molecular formula is C52H33N3O2. The summed E-state index contributed by atoms with van der Waals surface area (Å²) in [4.78, 5) is 35.6. The molecule has 0 bridgehead atoms. The summed E-state index contributed by atoms with van der Waals surface area (Å²) < 4.78 is 2.14. The molecule has 5 nitrogen and oxygen atoms in total. The molecular weight excluding hydrogens is 699 g/mol. The molecule has 9 aromatic rings. The molecule has 2 amide bonds. The molecule has 2 heterocycles. The zero-order chi connectivity index (χ0) is 38.6. The number of aromatic nitrogens is 1. The Kier molecular flexibility index (Phi) is 7.98. The summed E-state index contributed by atoms with van der Waals surface area (Å²) in [6.07, 6.45) is 0. The molecule has 0 aliphatic carbocycles. The van der Waals surface area contributed by atoms with E-state index < -0.39 is 0 Å². The van der Waals surface area contributed by atoms with E-state index in [1.807, 2.05) is 128 Å². The van der Waals surface area contributed by atoms with E-state index in [1.54, 1.807) is 6.07 Å². The fourth-order valence-corrected chi connectivity index (χ4v) is 8.51. The number of carbonyl (C=O) groups is 2. The highest BCUT2D eigenvalue weighted by Gasteiger charge is 2.42. The minimum Gasteiger partial charge on any atom is -0.308 e. The number of amides is 2. The molecule has 1 aliphatic heterocycles. The lowest BCUT2D eigenvalue weighted by atomic mass is 9.90. The minimum atomic E-state index is -0.381. The predicted octanol–water partition coefficient (Wildman–Crippen LogP) is 13.1. The second-order valence-corrected chi connectivity index (χ2v) is 14.3. The van der Waals surface area contributed by atoms with Crippen molar-refractivity contribution < 1.29 is 9.59 Å². The number of nitrogens with zero attached hydrogens (tertiary/aromatic N) is 3. The maximum absolute atomic E-state index is 15.5. The first kappa shape index (κ1) is 33.7. The first-order valence-corrected chi connectivity index (χ1v) is 18.9. The quantitative estimate of drug-likeness (QED) is 0.126. The molecule has 5 heteroatoms. The summed E-state index contributed by atoms with van der Waals surface area (Å²) in [5.41, 5.74) is 12.6. The van der Waals surface area contributed by atoms with Crippen molar-refractivity contribution in [3.63, 3.8) is 0 Å². The van der Waals surface area contributed by atoms with Gasteiger partial charge >= 0.3 is 0 Å². The average Bonchev–Trinajstić information content (AvgIpc) is 3.74. The number of rotatable bonds is 6. The van der Waals surface area contributed by atoms with Crippen LogP contribution in [0.2, 0.25) is 0 Å². The Morgan fingerprint density at radius 3 is 1.70 bits per heavy atom. The smallest absolute Gasteiger partial charge is 0.268 e. The van der Waals surface area contributed by atoms with Gasteiger partial charge in [0.15, 0.2) is 5.69 Å². The number of aryl methyl sites for hydroxylation is 1. The second-order valence-electron chi connectivity index (χ2n) is 14.3. The summed E-state index contributed by atoms with van der Waals surface area (Å²) in [5, 5.41) is 2.06. The summed E-state index contributed by atoms with van der Waals surface area (Å²) >= 11 is 0. The molecule has 8 aromatic carbocycles. The number of fused-ring (bicyclic) bond motifs is 4. The van der Waals surface area contributed by atoms with E-state index >= 15 is 9.59 Å². The minimum absolute atomic E-state index is 0.351. The third-order valence-corrected chi connectivity index (χ3v) is 11.1. The summed E-state index contributed by atoms with van der Waals surface area (Å²) in [6.45, 7) is 9.60. The highest BCUT2D eigenvalue weighted by atomic mass is 16.2. The molecule has 57 heavy (non-hydrogen) atoms. The Morgan fingerprint density at radius 2 is 1.05 bits per heavy atom. The number of benzene rings is 8. The first-order valence-electron chi connectivity index (χ1n) is 18.9. The van der Waals surface area contributed by atoms with Crippen LogP contribution in [0.25, 0.3) is 76.8 Å². The third-order valence-electron chi connectivity index (χ3n) is 11.1. The molecule has 0 spiro atoms. The number of imide groups is 1. The Morgan fingerprint density at radius 1 is 0.474 bits per heavy atom. The summed E-state index contributed by atoms with van der Waals surface area (Å²) in [5.74, 6) is -0.751. The van der Waals surface area contributed by atoms with Gasteiger partial charge in [-0.15, -0.1) is 0 Å². The van der Waals surface area contributed by atoms with Gasteiger partial charge < -0.3 is 4.57 Å². The van der Waals surface area contributed by atoms with Crippen molar-refractivity contribution in [1.82, 2.24) is 4.57 Å². The van der Waals surface area contributed by atoms with Gasteiger partial charge in [-0.2, -0.15) is 0 Å². The lowest BCUT2D eigenvalue weighted by Crippen LogP contribution is -2.30. The third kappa shape index (κ3) is 5.38. The van der Waals surface area contributed by atoms with Gasteiger partial charge in [0.05, 0.1) is 40.1 Å². The van der Waals surface area contributed by atoms with Crippen LogP contribution in [0.1, 0.15) is 26.3 Å². The molecule has 0 unspecified atom stereocenters. The standard InChI is InChI=1S/C52H33N3O2/c1-33-30-38(53-2)28-29-39(33)41-23-14-24-42-40-22-12-13-26-46(40)54(49(41)42)47-27-15-25-43-48(47)52(57)55(51(43)56)50-44(35-18-8-4-9-19-35)31-37(34-16-6-3-7-17-34)32-45(50)36-20-10-5-11-21-36/h3-32H,1H3. The van der Waals surface area contributed by atoms with Crippen LogP contribution in [0.5, 0.6) is 0 Å². The van der Waals surface area contributed by atoms with Crippen molar-refractivity contribution in [1.29, 1.82) is 0 Å². The van der Waals surface area contributed by atoms with Crippen LogP contribution >= 0.6 is 0 Å². The van der Waals surface area contributed by atoms with E-state index in [1.165, 1.54) is 4.90 Å². The van der Waals surface area contributed by atoms with E-state index in [-0.39, 0.29) is 11.8 Å². The van der Waals surface area contributed by atoms with Gasteiger partial charge in [0.2, 0.25) is 0 Å². The number of anilines is 1. The molecule has 0 radical (unpaired) electrons. The monoisotopic (exact) mass is 731 g/mol. The van der Waals surface area contributed by atoms with Crippen LogP contribution in [0.3, 0.4) is 0 Å². The Labute approximate surface area is 330 Å². The highest BCUT2D eigenvalue weighted by Crippen LogP contribution is 2.47. The molecule has 0 fully saturated rings. The molecule has 1 aromatic heterocycles. The maximum Gasteiger partial charge on any atom is 0.268 e. The highest BCUT2D eigenvalue weighted by molar-refractivity contribution is 6.37. The van der Waals surface area contributed by atoms with Crippen LogP contribution in [0.4, 0.5) is 11.4 Å². The van der Waals surface area contributed by atoms with Gasteiger partial charge in [-0.1, -0.05) is 157 Å². The summed E-state index contributed by atoms with van der Waals surface area (Å²) in [6, 6.07) is 60.1. The van der Waals surface area contributed by atoms with E-state index in [9.17, 15) is 0 Å². The number of hydrogen-bond acceptors (Lipinski definition) is 2. The van der Waals surface area contributed by atoms with E-state index in [0.29, 0.717) is 28.2 Å². The molecule has 0 saturated carbocycles. The van der Waals surface area contributed by atoms with Gasteiger partial charge in [0, 0.05) is 27.5 Å². The lowest BCUT2D eigenvalue weighted by molar-refractivity contribution is 0.0926. The van der Waals surface area contributed by atoms with E-state index in [0.717, 1.165) is 71.9 Å². The van der Waals surface area contributed by atoms with Crippen molar-refractivity contribution in [2.24, 2.45) is 0 Å². The summed E-state index contributed by atoms with van der Waals surface area (Å²) in [7, 11) is 0. The van der Waals surface area contributed by atoms with Gasteiger partial charge in [0.1, 0.15) is 0 Å². The fourth-order valence-electron chi connectivity index (χ4n) is 8.51. The SMILES string of the molecule is [C-]#[N+]c1ccc(-c2cccc3c4ccccc4n(-c4cccc5c4C(=O)N(c4c(-c6ccccc6)cc(-c6ccccc6)cc4-c4ccccc4)C5=O)c23)c(C)c1. The van der Waals surface area contributed by atoms with Crippen LogP contribution in [-0.2, 0) is 0 Å².